The van der Waals surface area contributed by atoms with E-state index in [1.807, 2.05) is 25.1 Å². The average Bonchev–Trinajstić information content (AvgIpc) is 2.74. The second-order valence-corrected chi connectivity index (χ2v) is 8.43. The first-order chi connectivity index (χ1) is 14.3. The molecule has 7 nitrogen and oxygen atoms in total. The highest BCUT2D eigenvalue weighted by molar-refractivity contribution is 9.10. The van der Waals surface area contributed by atoms with Crippen molar-refractivity contribution in [3.05, 3.63) is 58.2 Å². The number of piperidine rings is 1. The minimum Gasteiger partial charge on any atom is -0.341 e. The van der Waals surface area contributed by atoms with Gasteiger partial charge in [-0.3, -0.25) is 14.4 Å². The van der Waals surface area contributed by atoms with Crippen LogP contribution in [0.25, 0.3) is 0 Å². The van der Waals surface area contributed by atoms with Gasteiger partial charge in [-0.1, -0.05) is 17.7 Å². The zero-order chi connectivity index (χ0) is 21.7. The molecule has 1 unspecified atom stereocenters. The molecule has 1 aliphatic rings. The zero-order valence-electron chi connectivity index (χ0n) is 17.0. The Kier molecular flexibility index (Phi) is 7.20. The summed E-state index contributed by atoms with van der Waals surface area (Å²) >= 11 is 3.31. The highest BCUT2D eigenvalue weighted by atomic mass is 79.9. The van der Waals surface area contributed by atoms with Gasteiger partial charge >= 0.3 is 0 Å². The molecule has 1 saturated heterocycles. The maximum absolute atomic E-state index is 12.7. The second kappa shape index (κ2) is 9.84. The van der Waals surface area contributed by atoms with E-state index in [4.69, 9.17) is 0 Å². The summed E-state index contributed by atoms with van der Waals surface area (Å²) in [6, 6.07) is 10.2. The number of halogens is 1. The van der Waals surface area contributed by atoms with E-state index in [2.05, 4.69) is 31.5 Å². The van der Waals surface area contributed by atoms with Crippen LogP contribution in [-0.4, -0.2) is 46.7 Å². The van der Waals surface area contributed by atoms with Crippen LogP contribution in [0.3, 0.4) is 0 Å². The Morgan fingerprint density at radius 1 is 1.17 bits per heavy atom. The van der Waals surface area contributed by atoms with Gasteiger partial charge in [0.1, 0.15) is 11.9 Å². The molecular weight excluding hydrogens is 448 g/mol. The monoisotopic (exact) mass is 472 g/mol. The largest absolute Gasteiger partial charge is 0.341 e. The van der Waals surface area contributed by atoms with Crippen molar-refractivity contribution in [2.45, 2.75) is 32.7 Å². The fourth-order valence-corrected chi connectivity index (χ4v) is 3.68. The first-order valence-electron chi connectivity index (χ1n) is 9.92. The third-order valence-corrected chi connectivity index (χ3v) is 5.62. The number of likely N-dealkylation sites (tertiary alicyclic amines) is 1. The molecule has 0 saturated carbocycles. The Balaban J connectivity index is 1.48. The van der Waals surface area contributed by atoms with Crippen molar-refractivity contribution >= 4 is 39.5 Å². The molecule has 0 radical (unpaired) electrons. The molecule has 8 heteroatoms. The fraction of sp³-hybridized carbons (Fsp3) is 0.364. The third-order valence-electron chi connectivity index (χ3n) is 5.15. The number of anilines is 1. The van der Waals surface area contributed by atoms with Crippen molar-refractivity contribution < 1.29 is 14.4 Å². The number of carbonyl (C=O) groups excluding carboxylic acids is 3. The molecule has 1 aromatic heterocycles. The number of rotatable bonds is 5. The predicted molar refractivity (Wildman–Crippen MR) is 118 cm³/mol. The number of hydrogen-bond donors (Lipinski definition) is 2. The molecule has 1 aliphatic heterocycles. The number of pyridine rings is 1. The van der Waals surface area contributed by atoms with E-state index in [1.54, 1.807) is 36.2 Å². The summed E-state index contributed by atoms with van der Waals surface area (Å²) in [5, 5.41) is 5.59. The zero-order valence-corrected chi connectivity index (χ0v) is 18.6. The number of nitrogens with zero attached hydrogens (tertiary/aromatic N) is 2. The van der Waals surface area contributed by atoms with Crippen LogP contribution in [0.1, 0.15) is 35.7 Å². The Labute approximate surface area is 184 Å². The van der Waals surface area contributed by atoms with Crippen LogP contribution in [0.4, 0.5) is 5.82 Å². The molecule has 3 rings (SSSR count). The molecule has 3 amide bonds. The normalized spacial score (nSPS) is 15.4. The Bertz CT molecular complexity index is 924. The maximum atomic E-state index is 12.7. The molecule has 2 aromatic rings. The van der Waals surface area contributed by atoms with E-state index < -0.39 is 6.04 Å². The Morgan fingerprint density at radius 2 is 1.90 bits per heavy atom. The quantitative estimate of drug-likeness (QED) is 0.698. The van der Waals surface area contributed by atoms with Crippen molar-refractivity contribution in [3.63, 3.8) is 0 Å². The van der Waals surface area contributed by atoms with E-state index in [0.29, 0.717) is 37.3 Å². The van der Waals surface area contributed by atoms with Crippen LogP contribution in [0.2, 0.25) is 0 Å². The first kappa shape index (κ1) is 22.0. The smallest absolute Gasteiger partial charge is 0.251 e. The summed E-state index contributed by atoms with van der Waals surface area (Å²) in [6.07, 6.45) is 2.78. The molecular formula is C22H25BrN4O3. The Hall–Kier alpha value is -2.74. The van der Waals surface area contributed by atoms with E-state index >= 15 is 0 Å². The minimum absolute atomic E-state index is 0.0854. The average molecular weight is 473 g/mol. The summed E-state index contributed by atoms with van der Waals surface area (Å²) < 4.78 is 0.843. The van der Waals surface area contributed by atoms with Crippen LogP contribution < -0.4 is 10.6 Å². The topological polar surface area (TPSA) is 91.4 Å². The van der Waals surface area contributed by atoms with Crippen molar-refractivity contribution in [1.82, 2.24) is 15.2 Å². The number of carbonyl (C=O) groups is 3. The highest BCUT2D eigenvalue weighted by Gasteiger charge is 2.30. The van der Waals surface area contributed by atoms with Crippen LogP contribution >= 0.6 is 15.9 Å². The summed E-state index contributed by atoms with van der Waals surface area (Å²) in [7, 11) is 0. The van der Waals surface area contributed by atoms with Gasteiger partial charge in [-0.15, -0.1) is 0 Å². The fourth-order valence-electron chi connectivity index (χ4n) is 3.44. The summed E-state index contributed by atoms with van der Waals surface area (Å²) in [5.41, 5.74) is 1.52. The summed E-state index contributed by atoms with van der Waals surface area (Å²) in [5.74, 6) is -0.149. The first-order valence-corrected chi connectivity index (χ1v) is 10.7. The van der Waals surface area contributed by atoms with Gasteiger partial charge in [0.15, 0.2) is 0 Å². The van der Waals surface area contributed by atoms with Gasteiger partial charge in [0.25, 0.3) is 5.91 Å². The van der Waals surface area contributed by atoms with Gasteiger partial charge in [-0.05, 0) is 66.9 Å². The number of benzene rings is 1. The molecule has 0 bridgehead atoms. The SMILES string of the molecule is Cc1cccc(C(=O)NC(C)C(=O)N2CCC(C(=O)Nc3ccc(Br)cn3)CC2)c1. The minimum atomic E-state index is -0.629. The predicted octanol–water partition coefficient (Wildman–Crippen LogP) is 3.15. The maximum Gasteiger partial charge on any atom is 0.251 e. The van der Waals surface area contributed by atoms with Crippen molar-refractivity contribution in [1.29, 1.82) is 0 Å². The van der Waals surface area contributed by atoms with Crippen LogP contribution in [0.5, 0.6) is 0 Å². The number of aryl methyl sites for hydroxylation is 1. The molecule has 0 aliphatic carbocycles. The van der Waals surface area contributed by atoms with Gasteiger partial charge in [0, 0.05) is 35.2 Å². The molecule has 2 heterocycles. The van der Waals surface area contributed by atoms with Gasteiger partial charge in [-0.2, -0.15) is 0 Å². The van der Waals surface area contributed by atoms with Crippen molar-refractivity contribution in [3.8, 4) is 0 Å². The Morgan fingerprint density at radius 3 is 2.53 bits per heavy atom. The molecule has 30 heavy (non-hydrogen) atoms. The van der Waals surface area contributed by atoms with Gasteiger partial charge in [0.2, 0.25) is 11.8 Å². The summed E-state index contributed by atoms with van der Waals surface area (Å²) in [6.45, 7) is 4.57. The van der Waals surface area contributed by atoms with Crippen LogP contribution in [0, 0.1) is 12.8 Å². The van der Waals surface area contributed by atoms with E-state index in [-0.39, 0.29) is 23.6 Å². The van der Waals surface area contributed by atoms with E-state index in [0.717, 1.165) is 10.0 Å². The van der Waals surface area contributed by atoms with Crippen molar-refractivity contribution in [2.24, 2.45) is 5.92 Å². The molecule has 1 aromatic carbocycles. The molecule has 1 atom stereocenters. The molecule has 158 valence electrons. The third kappa shape index (κ3) is 5.66. The number of nitrogens with one attached hydrogen (secondary N) is 2. The molecule has 0 spiro atoms. The number of aromatic nitrogens is 1. The van der Waals surface area contributed by atoms with Crippen LogP contribution in [-0.2, 0) is 9.59 Å². The van der Waals surface area contributed by atoms with Gasteiger partial charge in [0.05, 0.1) is 0 Å². The standard InChI is InChI=1S/C22H25BrN4O3/c1-14-4-3-5-17(12-14)21(29)25-15(2)22(30)27-10-8-16(9-11-27)20(28)26-19-7-6-18(23)13-24-19/h3-7,12-13,15-16H,8-11H2,1-2H3,(H,25,29)(H,24,26,28). The number of hydrogen-bond acceptors (Lipinski definition) is 4. The van der Waals surface area contributed by atoms with Gasteiger partial charge < -0.3 is 15.5 Å². The van der Waals surface area contributed by atoms with E-state index in [9.17, 15) is 14.4 Å². The van der Waals surface area contributed by atoms with Gasteiger partial charge in [-0.25, -0.2) is 4.98 Å². The second-order valence-electron chi connectivity index (χ2n) is 7.52. The van der Waals surface area contributed by atoms with Crippen molar-refractivity contribution in [2.75, 3.05) is 18.4 Å². The lowest BCUT2D eigenvalue weighted by Gasteiger charge is -2.33. The number of amides is 3. The lowest BCUT2D eigenvalue weighted by atomic mass is 9.95. The molecule has 2 N–H and O–H groups in total. The lowest BCUT2D eigenvalue weighted by molar-refractivity contribution is -0.135. The molecule has 1 fully saturated rings. The highest BCUT2D eigenvalue weighted by Crippen LogP contribution is 2.20. The summed E-state index contributed by atoms with van der Waals surface area (Å²) in [4.78, 5) is 43.4. The van der Waals surface area contributed by atoms with E-state index in [1.165, 1.54) is 0 Å². The lowest BCUT2D eigenvalue weighted by Crippen LogP contribution is -2.50. The van der Waals surface area contributed by atoms with Crippen LogP contribution in [0.15, 0.2) is 47.1 Å².